The third-order valence-corrected chi connectivity index (χ3v) is 2.24. The molecule has 0 aliphatic carbocycles. The minimum atomic E-state index is -0.0368. The molecule has 1 amide bonds. The molecule has 1 rings (SSSR count). The van der Waals surface area contributed by atoms with Gasteiger partial charge in [-0.1, -0.05) is 6.92 Å². The van der Waals surface area contributed by atoms with Crippen LogP contribution >= 0.6 is 0 Å². The molecular formula is C11H19N5O. The van der Waals surface area contributed by atoms with Crippen molar-refractivity contribution in [3.63, 3.8) is 0 Å². The van der Waals surface area contributed by atoms with Gasteiger partial charge in [0.25, 0.3) is 0 Å². The number of rotatable bonds is 5. The summed E-state index contributed by atoms with van der Waals surface area (Å²) in [5.74, 6) is 1.74. The van der Waals surface area contributed by atoms with Gasteiger partial charge in [-0.3, -0.25) is 4.79 Å². The quantitative estimate of drug-likeness (QED) is 0.764. The van der Waals surface area contributed by atoms with Gasteiger partial charge >= 0.3 is 0 Å². The summed E-state index contributed by atoms with van der Waals surface area (Å²) in [6.45, 7) is 4.73. The Morgan fingerprint density at radius 3 is 2.76 bits per heavy atom. The largest absolute Gasteiger partial charge is 0.384 e. The molecule has 0 aliphatic rings. The van der Waals surface area contributed by atoms with Gasteiger partial charge in [-0.05, 0) is 6.92 Å². The van der Waals surface area contributed by atoms with E-state index < -0.39 is 0 Å². The van der Waals surface area contributed by atoms with Gasteiger partial charge in [0.05, 0.1) is 6.54 Å². The Kier molecular flexibility index (Phi) is 4.68. The molecule has 17 heavy (non-hydrogen) atoms. The van der Waals surface area contributed by atoms with Gasteiger partial charge in [-0.15, -0.1) is 0 Å². The van der Waals surface area contributed by atoms with Crippen LogP contribution in [-0.4, -0.2) is 36.0 Å². The van der Waals surface area contributed by atoms with Gasteiger partial charge in [0.2, 0.25) is 5.91 Å². The van der Waals surface area contributed by atoms with Gasteiger partial charge in [0, 0.05) is 26.1 Å². The molecule has 0 saturated carbocycles. The highest BCUT2D eigenvalue weighted by atomic mass is 16.2. The molecule has 0 atom stereocenters. The second-order valence-corrected chi connectivity index (χ2v) is 3.73. The number of hydrogen-bond acceptors (Lipinski definition) is 5. The first-order valence-electron chi connectivity index (χ1n) is 5.68. The van der Waals surface area contributed by atoms with Crippen LogP contribution in [0.4, 0.5) is 11.6 Å². The number of aromatic nitrogens is 2. The molecular weight excluding hydrogens is 218 g/mol. The summed E-state index contributed by atoms with van der Waals surface area (Å²) < 4.78 is 0. The summed E-state index contributed by atoms with van der Waals surface area (Å²) in [5.41, 5.74) is 5.68. The van der Waals surface area contributed by atoms with Crippen LogP contribution in [0.3, 0.4) is 0 Å². The maximum Gasteiger partial charge on any atom is 0.239 e. The zero-order valence-corrected chi connectivity index (χ0v) is 10.5. The van der Waals surface area contributed by atoms with E-state index in [0.29, 0.717) is 30.4 Å². The van der Waals surface area contributed by atoms with Crippen molar-refractivity contribution in [2.45, 2.75) is 20.3 Å². The van der Waals surface area contributed by atoms with Crippen LogP contribution in [0.5, 0.6) is 0 Å². The zero-order valence-electron chi connectivity index (χ0n) is 10.5. The standard InChI is InChI=1S/C11H19N5O/c1-4-9-14-8(12)6-10(15-9)16(3)7-11(17)13-5-2/h6H,4-5,7H2,1-3H3,(H,13,17)(H2,12,14,15). The van der Waals surface area contributed by atoms with Crippen LogP contribution in [0.15, 0.2) is 6.07 Å². The van der Waals surface area contributed by atoms with E-state index in [0.717, 1.165) is 0 Å². The molecule has 0 unspecified atom stereocenters. The second-order valence-electron chi connectivity index (χ2n) is 3.73. The molecule has 0 radical (unpaired) electrons. The van der Waals surface area contributed by atoms with Crippen molar-refractivity contribution in [3.05, 3.63) is 11.9 Å². The molecule has 1 heterocycles. The Hall–Kier alpha value is -1.85. The number of carbonyl (C=O) groups excluding carboxylic acids is 1. The molecule has 6 heteroatoms. The van der Waals surface area contributed by atoms with Crippen LogP contribution < -0.4 is 16.0 Å². The first-order valence-corrected chi connectivity index (χ1v) is 5.68. The summed E-state index contributed by atoms with van der Waals surface area (Å²) in [6, 6.07) is 1.67. The normalized spacial score (nSPS) is 10.1. The lowest BCUT2D eigenvalue weighted by Gasteiger charge is -2.18. The Balaban J connectivity index is 2.77. The van der Waals surface area contributed by atoms with Crippen LogP contribution in [0.1, 0.15) is 19.7 Å². The highest BCUT2D eigenvalue weighted by Crippen LogP contribution is 2.12. The molecule has 0 saturated heterocycles. The molecule has 6 nitrogen and oxygen atoms in total. The number of nitrogen functional groups attached to an aromatic ring is 1. The molecule has 0 spiro atoms. The first kappa shape index (κ1) is 13.2. The van der Waals surface area contributed by atoms with Crippen molar-refractivity contribution in [2.75, 3.05) is 30.8 Å². The van der Waals surface area contributed by atoms with Crippen LogP contribution in [0.2, 0.25) is 0 Å². The SMILES string of the molecule is CCNC(=O)CN(C)c1cc(N)nc(CC)n1. The topological polar surface area (TPSA) is 84.1 Å². The van der Waals surface area contributed by atoms with E-state index >= 15 is 0 Å². The number of likely N-dealkylation sites (N-methyl/N-ethyl adjacent to an activating group) is 2. The van der Waals surface area contributed by atoms with E-state index in [-0.39, 0.29) is 12.5 Å². The Bertz CT molecular complexity index is 393. The maximum atomic E-state index is 11.4. The fraction of sp³-hybridized carbons (Fsp3) is 0.545. The molecule has 1 aromatic heterocycles. The highest BCUT2D eigenvalue weighted by Gasteiger charge is 2.09. The zero-order chi connectivity index (χ0) is 12.8. The molecule has 1 aromatic rings. The molecule has 0 fully saturated rings. The number of nitrogens with zero attached hydrogens (tertiary/aromatic N) is 3. The first-order chi connectivity index (χ1) is 8.06. The summed E-state index contributed by atoms with van der Waals surface area (Å²) in [6.07, 6.45) is 0.715. The van der Waals surface area contributed by atoms with Crippen LogP contribution in [0, 0.1) is 0 Å². The monoisotopic (exact) mass is 237 g/mol. The van der Waals surface area contributed by atoms with E-state index in [4.69, 9.17) is 5.73 Å². The van der Waals surface area contributed by atoms with E-state index in [2.05, 4.69) is 15.3 Å². The maximum absolute atomic E-state index is 11.4. The number of nitrogens with one attached hydrogen (secondary N) is 1. The van der Waals surface area contributed by atoms with Gasteiger partial charge < -0.3 is 16.0 Å². The lowest BCUT2D eigenvalue weighted by atomic mass is 10.4. The van der Waals surface area contributed by atoms with Crippen LogP contribution in [-0.2, 0) is 11.2 Å². The van der Waals surface area contributed by atoms with Gasteiger partial charge in [-0.2, -0.15) is 0 Å². The van der Waals surface area contributed by atoms with Crippen molar-refractivity contribution in [2.24, 2.45) is 0 Å². The van der Waals surface area contributed by atoms with Crippen molar-refractivity contribution in [1.29, 1.82) is 0 Å². The predicted octanol–water partition coefficient (Wildman–Crippen LogP) is 0.194. The third kappa shape index (κ3) is 3.90. The van der Waals surface area contributed by atoms with Gasteiger partial charge in [0.15, 0.2) is 0 Å². The Morgan fingerprint density at radius 1 is 1.47 bits per heavy atom. The number of amides is 1. The van der Waals surface area contributed by atoms with Crippen molar-refractivity contribution < 1.29 is 4.79 Å². The molecule has 0 bridgehead atoms. The van der Waals surface area contributed by atoms with Crippen LogP contribution in [0.25, 0.3) is 0 Å². The summed E-state index contributed by atoms with van der Waals surface area (Å²) in [7, 11) is 1.80. The van der Waals surface area contributed by atoms with Gasteiger partial charge in [-0.25, -0.2) is 9.97 Å². The number of nitrogens with two attached hydrogens (primary N) is 1. The number of hydrogen-bond donors (Lipinski definition) is 2. The van der Waals surface area contributed by atoms with Crippen molar-refractivity contribution in [3.8, 4) is 0 Å². The predicted molar refractivity (Wildman–Crippen MR) is 67.8 cm³/mol. The third-order valence-electron chi connectivity index (χ3n) is 2.24. The Labute approximate surface area is 101 Å². The van der Waals surface area contributed by atoms with Crippen molar-refractivity contribution in [1.82, 2.24) is 15.3 Å². The molecule has 0 aromatic carbocycles. The molecule has 3 N–H and O–H groups in total. The lowest BCUT2D eigenvalue weighted by Crippen LogP contribution is -2.35. The number of carbonyl (C=O) groups is 1. The number of anilines is 2. The highest BCUT2D eigenvalue weighted by molar-refractivity contribution is 5.80. The summed E-state index contributed by atoms with van der Waals surface area (Å²) >= 11 is 0. The lowest BCUT2D eigenvalue weighted by molar-refractivity contribution is -0.119. The van der Waals surface area contributed by atoms with E-state index in [9.17, 15) is 4.79 Å². The fourth-order valence-corrected chi connectivity index (χ4v) is 1.41. The average molecular weight is 237 g/mol. The minimum absolute atomic E-state index is 0.0368. The molecule has 0 aliphatic heterocycles. The van der Waals surface area contributed by atoms with Crippen molar-refractivity contribution >= 4 is 17.5 Å². The minimum Gasteiger partial charge on any atom is -0.384 e. The van der Waals surface area contributed by atoms with E-state index in [1.807, 2.05) is 13.8 Å². The number of aryl methyl sites for hydroxylation is 1. The van der Waals surface area contributed by atoms with E-state index in [1.54, 1.807) is 18.0 Å². The smallest absolute Gasteiger partial charge is 0.239 e. The average Bonchev–Trinajstić information content (AvgIpc) is 2.28. The summed E-state index contributed by atoms with van der Waals surface area (Å²) in [4.78, 5) is 21.6. The summed E-state index contributed by atoms with van der Waals surface area (Å²) in [5, 5.41) is 2.73. The second kappa shape index (κ2) is 6.03. The fourth-order valence-electron chi connectivity index (χ4n) is 1.41. The Morgan fingerprint density at radius 2 is 2.18 bits per heavy atom. The van der Waals surface area contributed by atoms with E-state index in [1.165, 1.54) is 0 Å². The van der Waals surface area contributed by atoms with Gasteiger partial charge in [0.1, 0.15) is 17.5 Å². The molecule has 94 valence electrons.